The van der Waals surface area contributed by atoms with E-state index in [4.69, 9.17) is 4.84 Å². The van der Waals surface area contributed by atoms with Gasteiger partial charge in [0.25, 0.3) is 11.5 Å². The van der Waals surface area contributed by atoms with Crippen molar-refractivity contribution in [2.45, 2.75) is 6.61 Å². The van der Waals surface area contributed by atoms with E-state index in [1.807, 2.05) is 0 Å². The molecule has 0 bridgehead atoms. The first-order valence-electron chi connectivity index (χ1n) is 7.70. The van der Waals surface area contributed by atoms with Crippen molar-refractivity contribution in [3.8, 4) is 0 Å². The summed E-state index contributed by atoms with van der Waals surface area (Å²) in [5.74, 6) is -1.55. The van der Waals surface area contributed by atoms with E-state index in [-0.39, 0.29) is 17.7 Å². The van der Waals surface area contributed by atoms with Gasteiger partial charge in [0.2, 0.25) is 0 Å². The van der Waals surface area contributed by atoms with Crippen LogP contribution in [0.2, 0.25) is 0 Å². The molecule has 132 valence electrons. The lowest BCUT2D eigenvalue weighted by atomic mass is 10.2. The van der Waals surface area contributed by atoms with Crippen molar-refractivity contribution >= 4 is 11.6 Å². The van der Waals surface area contributed by atoms with Crippen molar-refractivity contribution in [3.63, 3.8) is 0 Å². The SMILES string of the molecule is O=C(Nc1ccc(F)cc1)c1cccn(OCc2ccccc2F)c1=O. The largest absolute Gasteiger partial charge is 0.406 e. The van der Waals surface area contributed by atoms with E-state index in [1.54, 1.807) is 12.1 Å². The maximum atomic E-state index is 13.6. The zero-order valence-electron chi connectivity index (χ0n) is 13.5. The van der Waals surface area contributed by atoms with Gasteiger partial charge in [0.1, 0.15) is 23.8 Å². The number of rotatable bonds is 5. The third-order valence-electron chi connectivity index (χ3n) is 3.58. The Hall–Kier alpha value is -3.48. The molecule has 1 heterocycles. The molecule has 0 aliphatic rings. The average Bonchev–Trinajstić information content (AvgIpc) is 2.64. The highest BCUT2D eigenvalue weighted by atomic mass is 19.1. The number of anilines is 1. The molecule has 0 fully saturated rings. The van der Waals surface area contributed by atoms with Gasteiger partial charge < -0.3 is 10.2 Å². The average molecular weight is 356 g/mol. The summed E-state index contributed by atoms with van der Waals surface area (Å²) in [7, 11) is 0. The van der Waals surface area contributed by atoms with Gasteiger partial charge in [0.15, 0.2) is 0 Å². The van der Waals surface area contributed by atoms with Crippen molar-refractivity contribution in [2.24, 2.45) is 0 Å². The summed E-state index contributed by atoms with van der Waals surface area (Å²) in [6.07, 6.45) is 1.33. The molecule has 1 amide bonds. The molecule has 0 radical (unpaired) electrons. The molecular formula is C19H14F2N2O3. The van der Waals surface area contributed by atoms with Crippen LogP contribution in [0.3, 0.4) is 0 Å². The second-order valence-corrected chi connectivity index (χ2v) is 5.38. The fourth-order valence-electron chi connectivity index (χ4n) is 2.24. The molecule has 0 atom stereocenters. The van der Waals surface area contributed by atoms with Crippen LogP contribution in [0.1, 0.15) is 15.9 Å². The molecule has 1 N–H and O–H groups in total. The monoisotopic (exact) mass is 356 g/mol. The number of carbonyl (C=O) groups is 1. The summed E-state index contributed by atoms with van der Waals surface area (Å²) in [6.45, 7) is -0.171. The van der Waals surface area contributed by atoms with Crippen LogP contribution in [-0.2, 0) is 6.61 Å². The molecule has 0 unspecified atom stereocenters. The Morgan fingerprint density at radius 3 is 2.46 bits per heavy atom. The van der Waals surface area contributed by atoms with Gasteiger partial charge in [-0.1, -0.05) is 18.2 Å². The van der Waals surface area contributed by atoms with Crippen LogP contribution in [0.4, 0.5) is 14.5 Å². The third kappa shape index (κ3) is 3.94. The molecule has 2 aromatic carbocycles. The van der Waals surface area contributed by atoms with Crippen LogP contribution in [0.25, 0.3) is 0 Å². The maximum Gasteiger partial charge on any atom is 0.295 e. The van der Waals surface area contributed by atoms with Crippen molar-refractivity contribution < 1.29 is 18.4 Å². The molecule has 0 aliphatic heterocycles. The van der Waals surface area contributed by atoms with Crippen molar-refractivity contribution in [1.82, 2.24) is 4.73 Å². The first-order valence-corrected chi connectivity index (χ1v) is 7.70. The predicted molar refractivity (Wildman–Crippen MR) is 91.7 cm³/mol. The maximum absolute atomic E-state index is 13.6. The Kier molecular flexibility index (Phi) is 5.07. The van der Waals surface area contributed by atoms with Crippen molar-refractivity contribution in [2.75, 3.05) is 5.32 Å². The van der Waals surface area contributed by atoms with Gasteiger partial charge in [-0.2, -0.15) is 4.73 Å². The molecule has 0 spiro atoms. The molecule has 0 saturated carbocycles. The summed E-state index contributed by atoms with van der Waals surface area (Å²) in [6, 6.07) is 14.0. The van der Waals surface area contributed by atoms with Crippen LogP contribution in [0.15, 0.2) is 71.7 Å². The Morgan fingerprint density at radius 1 is 1.00 bits per heavy atom. The van der Waals surface area contributed by atoms with Gasteiger partial charge in [-0.25, -0.2) is 8.78 Å². The van der Waals surface area contributed by atoms with Crippen molar-refractivity contribution in [1.29, 1.82) is 0 Å². The normalized spacial score (nSPS) is 10.4. The molecule has 3 aromatic rings. The minimum atomic E-state index is -0.691. The fourth-order valence-corrected chi connectivity index (χ4v) is 2.24. The number of carbonyl (C=O) groups excluding carboxylic acids is 1. The molecule has 0 saturated heterocycles. The highest BCUT2D eigenvalue weighted by Crippen LogP contribution is 2.10. The Balaban J connectivity index is 1.76. The number of hydrogen-bond donors (Lipinski definition) is 1. The molecule has 7 heteroatoms. The number of pyridine rings is 1. The summed E-state index contributed by atoms with van der Waals surface area (Å²) >= 11 is 0. The molecular weight excluding hydrogens is 342 g/mol. The summed E-state index contributed by atoms with van der Waals surface area (Å²) in [5.41, 5.74) is -0.229. The topological polar surface area (TPSA) is 60.3 Å². The molecule has 5 nitrogen and oxygen atoms in total. The summed E-state index contributed by atoms with van der Waals surface area (Å²) < 4.78 is 27.4. The Labute approximate surface area is 147 Å². The zero-order chi connectivity index (χ0) is 18.5. The van der Waals surface area contributed by atoms with Crippen molar-refractivity contribution in [3.05, 3.63) is 100.0 Å². The standard InChI is InChI=1S/C19H14F2N2O3/c20-14-7-9-15(10-8-14)22-18(24)16-5-3-11-23(19(16)25)26-12-13-4-1-2-6-17(13)21/h1-11H,12H2,(H,22,24). The predicted octanol–water partition coefficient (Wildman–Crippen LogP) is 3.01. The number of nitrogens with one attached hydrogen (secondary N) is 1. The van der Waals surface area contributed by atoms with Crippen LogP contribution in [-0.4, -0.2) is 10.6 Å². The molecule has 1 aromatic heterocycles. The minimum Gasteiger partial charge on any atom is -0.406 e. The zero-order valence-corrected chi connectivity index (χ0v) is 13.5. The summed E-state index contributed by atoms with van der Waals surface area (Å²) in [5, 5.41) is 2.50. The quantitative estimate of drug-likeness (QED) is 0.765. The minimum absolute atomic E-state index is 0.162. The third-order valence-corrected chi connectivity index (χ3v) is 3.58. The van der Waals surface area contributed by atoms with E-state index in [1.165, 1.54) is 54.7 Å². The number of aromatic nitrogens is 1. The lowest BCUT2D eigenvalue weighted by molar-refractivity contribution is 0.0847. The van der Waals surface area contributed by atoms with Gasteiger partial charge in [-0.3, -0.25) is 9.59 Å². The van der Waals surface area contributed by atoms with Crippen LogP contribution >= 0.6 is 0 Å². The van der Waals surface area contributed by atoms with E-state index < -0.39 is 23.1 Å². The van der Waals surface area contributed by atoms with Crippen LogP contribution < -0.4 is 15.7 Å². The Bertz CT molecular complexity index is 985. The molecule has 0 aliphatic carbocycles. The highest BCUT2D eigenvalue weighted by molar-refractivity contribution is 6.03. The second-order valence-electron chi connectivity index (χ2n) is 5.38. The van der Waals surface area contributed by atoms with Crippen LogP contribution in [0.5, 0.6) is 0 Å². The highest BCUT2D eigenvalue weighted by Gasteiger charge is 2.13. The van der Waals surface area contributed by atoms with E-state index in [0.717, 1.165) is 4.73 Å². The number of halogens is 2. The lowest BCUT2D eigenvalue weighted by Gasteiger charge is -2.10. The number of hydrogen-bond acceptors (Lipinski definition) is 3. The van der Waals surface area contributed by atoms with E-state index in [0.29, 0.717) is 5.69 Å². The molecule has 3 rings (SSSR count). The number of benzene rings is 2. The smallest absolute Gasteiger partial charge is 0.295 e. The first-order chi connectivity index (χ1) is 12.5. The van der Waals surface area contributed by atoms with E-state index in [2.05, 4.69) is 5.32 Å². The second kappa shape index (κ2) is 7.60. The number of nitrogens with zero attached hydrogens (tertiary/aromatic N) is 1. The van der Waals surface area contributed by atoms with E-state index >= 15 is 0 Å². The van der Waals surface area contributed by atoms with Gasteiger partial charge in [-0.05, 0) is 42.5 Å². The lowest BCUT2D eigenvalue weighted by Crippen LogP contribution is -2.32. The van der Waals surface area contributed by atoms with Crippen LogP contribution in [0, 0.1) is 11.6 Å². The first kappa shape index (κ1) is 17.3. The summed E-state index contributed by atoms with van der Waals surface area (Å²) in [4.78, 5) is 29.9. The fraction of sp³-hybridized carbons (Fsp3) is 0.0526. The van der Waals surface area contributed by atoms with E-state index in [9.17, 15) is 18.4 Å². The van der Waals surface area contributed by atoms with Gasteiger partial charge in [0, 0.05) is 17.4 Å². The van der Waals surface area contributed by atoms with Gasteiger partial charge >= 0.3 is 0 Å². The van der Waals surface area contributed by atoms with Gasteiger partial charge in [0.05, 0.1) is 0 Å². The number of amides is 1. The molecule has 26 heavy (non-hydrogen) atoms. The van der Waals surface area contributed by atoms with Gasteiger partial charge in [-0.15, -0.1) is 0 Å². The Morgan fingerprint density at radius 2 is 1.73 bits per heavy atom.